The molecule has 0 aliphatic rings. The minimum atomic E-state index is -0.234. The highest BCUT2D eigenvalue weighted by Gasteiger charge is 2.05. The Hall–Kier alpha value is -1.85. The van der Waals surface area contributed by atoms with Crippen LogP contribution in [-0.4, -0.2) is 36.1 Å². The third-order valence-corrected chi connectivity index (χ3v) is 2.47. The molecule has 106 valence electrons. The van der Waals surface area contributed by atoms with Crippen molar-refractivity contribution in [3.63, 3.8) is 0 Å². The van der Waals surface area contributed by atoms with E-state index in [1.807, 2.05) is 13.0 Å². The van der Waals surface area contributed by atoms with Crippen LogP contribution in [0.2, 0.25) is 0 Å². The Labute approximate surface area is 114 Å². The molecule has 0 amide bonds. The molecule has 0 saturated heterocycles. The standard InChI is InChI=1S/C13H22N4O2/c1-4-6-10-16-11(14-5-2)9-12(17-10)15-8-7-13(18)19-3/h9H,4-8H2,1-3H3,(H2,14,15,16,17). The minimum absolute atomic E-state index is 0.234. The second-order valence-corrected chi connectivity index (χ2v) is 4.09. The molecule has 0 spiro atoms. The molecule has 6 nitrogen and oxygen atoms in total. The van der Waals surface area contributed by atoms with E-state index in [4.69, 9.17) is 0 Å². The van der Waals surface area contributed by atoms with E-state index < -0.39 is 0 Å². The molecule has 0 atom stereocenters. The Morgan fingerprint density at radius 3 is 2.53 bits per heavy atom. The van der Waals surface area contributed by atoms with Crippen LogP contribution in [-0.2, 0) is 16.0 Å². The van der Waals surface area contributed by atoms with E-state index in [2.05, 4.69) is 32.3 Å². The maximum atomic E-state index is 11.0. The first-order chi connectivity index (χ1) is 9.19. The van der Waals surface area contributed by atoms with Crippen molar-refractivity contribution in [3.8, 4) is 0 Å². The van der Waals surface area contributed by atoms with E-state index in [9.17, 15) is 4.79 Å². The minimum Gasteiger partial charge on any atom is -0.469 e. The van der Waals surface area contributed by atoms with Gasteiger partial charge in [0.05, 0.1) is 13.5 Å². The Morgan fingerprint density at radius 2 is 1.95 bits per heavy atom. The number of hydrogen-bond donors (Lipinski definition) is 2. The number of nitrogens with one attached hydrogen (secondary N) is 2. The third-order valence-electron chi connectivity index (χ3n) is 2.47. The molecule has 2 N–H and O–H groups in total. The third kappa shape index (κ3) is 5.54. The average molecular weight is 266 g/mol. The molecule has 19 heavy (non-hydrogen) atoms. The van der Waals surface area contributed by atoms with Crippen LogP contribution >= 0.6 is 0 Å². The van der Waals surface area contributed by atoms with E-state index in [0.717, 1.165) is 36.8 Å². The molecule has 1 heterocycles. The Kier molecular flexibility index (Phi) is 6.63. The van der Waals surface area contributed by atoms with Gasteiger partial charge in [0.1, 0.15) is 17.5 Å². The van der Waals surface area contributed by atoms with E-state index >= 15 is 0 Å². The summed E-state index contributed by atoms with van der Waals surface area (Å²) in [5, 5.41) is 6.29. The lowest BCUT2D eigenvalue weighted by Gasteiger charge is -2.10. The summed E-state index contributed by atoms with van der Waals surface area (Å²) in [7, 11) is 1.38. The average Bonchev–Trinajstić information content (AvgIpc) is 2.39. The first-order valence-corrected chi connectivity index (χ1v) is 6.62. The lowest BCUT2D eigenvalue weighted by atomic mass is 10.3. The van der Waals surface area contributed by atoms with Crippen LogP contribution in [0.15, 0.2) is 6.07 Å². The number of rotatable bonds is 8. The zero-order valence-electron chi connectivity index (χ0n) is 11.8. The van der Waals surface area contributed by atoms with E-state index in [-0.39, 0.29) is 5.97 Å². The van der Waals surface area contributed by atoms with Gasteiger partial charge in [0.25, 0.3) is 0 Å². The van der Waals surface area contributed by atoms with Gasteiger partial charge in [0, 0.05) is 25.6 Å². The van der Waals surface area contributed by atoms with Gasteiger partial charge in [0.15, 0.2) is 0 Å². The van der Waals surface area contributed by atoms with Crippen LogP contribution in [0, 0.1) is 0 Å². The molecular weight excluding hydrogens is 244 g/mol. The number of aryl methyl sites for hydroxylation is 1. The summed E-state index contributed by atoms with van der Waals surface area (Å²) in [6.45, 7) is 5.42. The zero-order chi connectivity index (χ0) is 14.1. The molecule has 0 radical (unpaired) electrons. The van der Waals surface area contributed by atoms with Crippen molar-refractivity contribution in [2.45, 2.75) is 33.1 Å². The highest BCUT2D eigenvalue weighted by atomic mass is 16.5. The summed E-state index contributed by atoms with van der Waals surface area (Å²) < 4.78 is 4.59. The highest BCUT2D eigenvalue weighted by molar-refractivity contribution is 5.69. The lowest BCUT2D eigenvalue weighted by Crippen LogP contribution is -2.12. The quantitative estimate of drug-likeness (QED) is 0.699. The van der Waals surface area contributed by atoms with Gasteiger partial charge in [-0.1, -0.05) is 6.92 Å². The Balaban J connectivity index is 2.66. The molecule has 0 aromatic carbocycles. The fourth-order valence-electron chi connectivity index (χ4n) is 1.59. The second kappa shape index (κ2) is 8.29. The van der Waals surface area contributed by atoms with Crippen LogP contribution in [0.4, 0.5) is 11.6 Å². The molecule has 0 unspecified atom stereocenters. The van der Waals surface area contributed by atoms with Gasteiger partial charge in [-0.3, -0.25) is 4.79 Å². The molecule has 0 fully saturated rings. The van der Waals surface area contributed by atoms with Crippen LogP contribution in [0.3, 0.4) is 0 Å². The SMILES string of the molecule is CCCc1nc(NCC)cc(NCCC(=O)OC)n1. The number of carbonyl (C=O) groups excluding carboxylic acids is 1. The molecular formula is C13H22N4O2. The second-order valence-electron chi connectivity index (χ2n) is 4.09. The molecule has 0 saturated carbocycles. The Bertz CT molecular complexity index is 385. The van der Waals surface area contributed by atoms with Crippen LogP contribution in [0.5, 0.6) is 0 Å². The van der Waals surface area contributed by atoms with Crippen LogP contribution < -0.4 is 10.6 Å². The summed E-state index contributed by atoms with van der Waals surface area (Å²) in [6.07, 6.45) is 2.16. The highest BCUT2D eigenvalue weighted by Crippen LogP contribution is 2.12. The molecule has 0 aliphatic carbocycles. The molecule has 1 aromatic rings. The summed E-state index contributed by atoms with van der Waals surface area (Å²) in [5.41, 5.74) is 0. The van der Waals surface area contributed by atoms with E-state index in [1.54, 1.807) is 0 Å². The van der Waals surface area contributed by atoms with Gasteiger partial charge in [-0.15, -0.1) is 0 Å². The first kappa shape index (κ1) is 15.2. The van der Waals surface area contributed by atoms with E-state index in [1.165, 1.54) is 7.11 Å². The maximum absolute atomic E-state index is 11.0. The smallest absolute Gasteiger partial charge is 0.307 e. The number of carbonyl (C=O) groups is 1. The van der Waals surface area contributed by atoms with Gasteiger partial charge < -0.3 is 15.4 Å². The zero-order valence-corrected chi connectivity index (χ0v) is 11.8. The summed E-state index contributed by atoms with van der Waals surface area (Å²) in [6, 6.07) is 1.85. The van der Waals surface area contributed by atoms with Gasteiger partial charge >= 0.3 is 5.97 Å². The number of aromatic nitrogens is 2. The van der Waals surface area contributed by atoms with Gasteiger partial charge in [-0.2, -0.15) is 0 Å². The normalized spacial score (nSPS) is 10.1. The number of nitrogens with zero attached hydrogens (tertiary/aromatic N) is 2. The number of methoxy groups -OCH3 is 1. The largest absolute Gasteiger partial charge is 0.469 e. The van der Waals surface area contributed by atoms with Gasteiger partial charge in [-0.05, 0) is 13.3 Å². The summed E-state index contributed by atoms with van der Waals surface area (Å²) in [5.74, 6) is 2.11. The summed E-state index contributed by atoms with van der Waals surface area (Å²) >= 11 is 0. The molecule has 0 aliphatic heterocycles. The predicted octanol–water partition coefficient (Wildman–Crippen LogP) is 1.84. The number of ether oxygens (including phenoxy) is 1. The van der Waals surface area contributed by atoms with Crippen molar-refractivity contribution < 1.29 is 9.53 Å². The van der Waals surface area contributed by atoms with Crippen molar-refractivity contribution in [1.29, 1.82) is 0 Å². The van der Waals surface area contributed by atoms with Crippen molar-refractivity contribution >= 4 is 17.6 Å². The van der Waals surface area contributed by atoms with Crippen LogP contribution in [0.25, 0.3) is 0 Å². The van der Waals surface area contributed by atoms with Gasteiger partial charge in [-0.25, -0.2) is 9.97 Å². The summed E-state index contributed by atoms with van der Waals surface area (Å²) in [4.78, 5) is 19.9. The van der Waals surface area contributed by atoms with E-state index in [0.29, 0.717) is 13.0 Å². The van der Waals surface area contributed by atoms with Crippen LogP contribution in [0.1, 0.15) is 32.5 Å². The maximum Gasteiger partial charge on any atom is 0.307 e. The van der Waals surface area contributed by atoms with Crippen molar-refractivity contribution in [2.75, 3.05) is 30.8 Å². The fraction of sp³-hybridized carbons (Fsp3) is 0.615. The predicted molar refractivity (Wildman–Crippen MR) is 75.3 cm³/mol. The number of anilines is 2. The van der Waals surface area contributed by atoms with Crippen molar-refractivity contribution in [3.05, 3.63) is 11.9 Å². The van der Waals surface area contributed by atoms with Crippen molar-refractivity contribution in [2.24, 2.45) is 0 Å². The number of hydrogen-bond acceptors (Lipinski definition) is 6. The lowest BCUT2D eigenvalue weighted by molar-refractivity contribution is -0.140. The molecule has 1 rings (SSSR count). The fourth-order valence-corrected chi connectivity index (χ4v) is 1.59. The molecule has 1 aromatic heterocycles. The van der Waals surface area contributed by atoms with Gasteiger partial charge in [0.2, 0.25) is 0 Å². The topological polar surface area (TPSA) is 76.1 Å². The first-order valence-electron chi connectivity index (χ1n) is 6.62. The monoisotopic (exact) mass is 266 g/mol. The van der Waals surface area contributed by atoms with Crippen molar-refractivity contribution in [1.82, 2.24) is 9.97 Å². The molecule has 0 bridgehead atoms. The Morgan fingerprint density at radius 1 is 1.26 bits per heavy atom. The number of esters is 1. The molecule has 6 heteroatoms.